The molecule has 1 unspecified atom stereocenters. The maximum atomic E-state index is 12.6. The molecule has 0 bridgehead atoms. The molecule has 1 N–H and O–H groups in total. The summed E-state index contributed by atoms with van der Waals surface area (Å²) < 4.78 is 33.8. The third-order valence-electron chi connectivity index (χ3n) is 5.06. The molecule has 0 radical (unpaired) electrons. The van der Waals surface area contributed by atoms with Gasteiger partial charge in [0.15, 0.2) is 5.58 Å². The van der Waals surface area contributed by atoms with Crippen LogP contribution < -0.4 is 9.62 Å². The van der Waals surface area contributed by atoms with E-state index in [1.807, 2.05) is 43.3 Å². The van der Waals surface area contributed by atoms with E-state index in [0.29, 0.717) is 17.5 Å². The second kappa shape index (κ2) is 7.32. The number of fused-ring (bicyclic) bond motifs is 1. The van der Waals surface area contributed by atoms with E-state index in [4.69, 9.17) is 4.42 Å². The molecule has 1 aromatic heterocycles. The van der Waals surface area contributed by atoms with Crippen LogP contribution in [0.2, 0.25) is 0 Å². The van der Waals surface area contributed by atoms with Crippen LogP contribution in [0.3, 0.4) is 0 Å². The molecule has 1 atom stereocenters. The molecular weight excluding hydrogens is 362 g/mol. The predicted octanol–water partition coefficient (Wildman–Crippen LogP) is 3.34. The summed E-state index contributed by atoms with van der Waals surface area (Å²) in [5.74, 6) is 0. The van der Waals surface area contributed by atoms with Crippen LogP contribution in [0.4, 0.5) is 6.01 Å². The van der Waals surface area contributed by atoms with Crippen LogP contribution in [-0.4, -0.2) is 32.5 Å². The van der Waals surface area contributed by atoms with Gasteiger partial charge in [-0.05, 0) is 49.1 Å². The van der Waals surface area contributed by atoms with Gasteiger partial charge in [0.2, 0.25) is 10.0 Å². The second-order valence-corrected chi connectivity index (χ2v) is 8.57. The summed E-state index contributed by atoms with van der Waals surface area (Å²) in [6.07, 6.45) is 2.77. The van der Waals surface area contributed by atoms with Gasteiger partial charge in [0.1, 0.15) is 5.52 Å². The van der Waals surface area contributed by atoms with Gasteiger partial charge < -0.3 is 9.32 Å². The maximum absolute atomic E-state index is 12.6. The fourth-order valence-corrected chi connectivity index (χ4v) is 4.55. The van der Waals surface area contributed by atoms with Crippen molar-refractivity contribution in [3.05, 3.63) is 54.1 Å². The van der Waals surface area contributed by atoms with E-state index < -0.39 is 10.0 Å². The van der Waals surface area contributed by atoms with Crippen LogP contribution in [0.5, 0.6) is 0 Å². The van der Waals surface area contributed by atoms with Crippen molar-refractivity contribution in [1.82, 2.24) is 9.71 Å². The van der Waals surface area contributed by atoms with E-state index in [0.717, 1.165) is 42.5 Å². The molecule has 0 aliphatic carbocycles. The first kappa shape index (κ1) is 18.0. The SMILES string of the molecule is CCc1ccc(S(=O)(=O)NCC2CCCN2c2nc3ccccc3o2)cc1. The average molecular weight is 385 g/mol. The maximum Gasteiger partial charge on any atom is 0.298 e. The Kier molecular flexibility index (Phi) is 4.88. The number of benzene rings is 2. The van der Waals surface area contributed by atoms with Crippen molar-refractivity contribution in [1.29, 1.82) is 0 Å². The minimum atomic E-state index is -3.53. The zero-order valence-corrected chi connectivity index (χ0v) is 16.1. The van der Waals surface area contributed by atoms with Gasteiger partial charge in [0, 0.05) is 19.1 Å². The van der Waals surface area contributed by atoms with Gasteiger partial charge in [-0.15, -0.1) is 0 Å². The normalized spacial score (nSPS) is 17.7. The first-order valence-electron chi connectivity index (χ1n) is 9.27. The first-order chi connectivity index (χ1) is 13.1. The Labute approximate surface area is 159 Å². The van der Waals surface area contributed by atoms with Crippen LogP contribution >= 0.6 is 0 Å². The van der Waals surface area contributed by atoms with Crippen LogP contribution in [-0.2, 0) is 16.4 Å². The number of para-hydroxylation sites is 2. The topological polar surface area (TPSA) is 75.4 Å². The van der Waals surface area contributed by atoms with E-state index in [1.54, 1.807) is 12.1 Å². The van der Waals surface area contributed by atoms with Crippen LogP contribution in [0, 0.1) is 0 Å². The highest BCUT2D eigenvalue weighted by molar-refractivity contribution is 7.89. The summed E-state index contributed by atoms with van der Waals surface area (Å²) in [7, 11) is -3.53. The molecule has 2 aromatic carbocycles. The number of nitrogens with zero attached hydrogens (tertiary/aromatic N) is 2. The third kappa shape index (κ3) is 3.70. The van der Waals surface area contributed by atoms with Crippen molar-refractivity contribution in [2.24, 2.45) is 0 Å². The molecule has 3 aromatic rings. The largest absolute Gasteiger partial charge is 0.423 e. The van der Waals surface area contributed by atoms with Gasteiger partial charge in [-0.25, -0.2) is 13.1 Å². The number of rotatable bonds is 6. The Balaban J connectivity index is 1.47. The summed E-state index contributed by atoms with van der Waals surface area (Å²) in [6, 6.07) is 15.3. The smallest absolute Gasteiger partial charge is 0.298 e. The number of oxazole rings is 1. The number of hydrogen-bond donors (Lipinski definition) is 1. The van der Waals surface area contributed by atoms with Gasteiger partial charge in [-0.1, -0.05) is 31.2 Å². The molecule has 1 aliphatic rings. The zero-order valence-electron chi connectivity index (χ0n) is 15.3. The monoisotopic (exact) mass is 385 g/mol. The minimum absolute atomic E-state index is 0.0303. The van der Waals surface area contributed by atoms with Crippen molar-refractivity contribution in [2.45, 2.75) is 37.1 Å². The summed E-state index contributed by atoms with van der Waals surface area (Å²) in [6.45, 7) is 3.18. The van der Waals surface area contributed by atoms with Crippen molar-refractivity contribution in [2.75, 3.05) is 18.0 Å². The van der Waals surface area contributed by atoms with Gasteiger partial charge >= 0.3 is 0 Å². The zero-order chi connectivity index (χ0) is 18.9. The van der Waals surface area contributed by atoms with Gasteiger partial charge in [0.05, 0.1) is 4.90 Å². The number of anilines is 1. The van der Waals surface area contributed by atoms with Crippen molar-refractivity contribution >= 4 is 27.1 Å². The van der Waals surface area contributed by atoms with Crippen molar-refractivity contribution < 1.29 is 12.8 Å². The molecule has 1 aliphatic heterocycles. The number of hydrogen-bond acceptors (Lipinski definition) is 5. The van der Waals surface area contributed by atoms with E-state index in [-0.39, 0.29) is 6.04 Å². The molecule has 27 heavy (non-hydrogen) atoms. The third-order valence-corrected chi connectivity index (χ3v) is 6.50. The van der Waals surface area contributed by atoms with Gasteiger partial charge in [0.25, 0.3) is 6.01 Å². The molecule has 6 nitrogen and oxygen atoms in total. The quantitative estimate of drug-likeness (QED) is 0.704. The Morgan fingerprint density at radius 3 is 2.70 bits per heavy atom. The molecule has 0 spiro atoms. The number of aryl methyl sites for hydroxylation is 1. The number of nitrogens with one attached hydrogen (secondary N) is 1. The lowest BCUT2D eigenvalue weighted by Crippen LogP contribution is -2.40. The fraction of sp³-hybridized carbons (Fsp3) is 0.350. The van der Waals surface area contributed by atoms with Crippen LogP contribution in [0.1, 0.15) is 25.3 Å². The fourth-order valence-electron chi connectivity index (χ4n) is 3.48. The summed E-state index contributed by atoms with van der Waals surface area (Å²) in [4.78, 5) is 6.90. The summed E-state index contributed by atoms with van der Waals surface area (Å²) >= 11 is 0. The highest BCUT2D eigenvalue weighted by atomic mass is 32.2. The average Bonchev–Trinajstić information content (AvgIpc) is 3.32. The number of aromatic nitrogens is 1. The van der Waals surface area contributed by atoms with E-state index in [2.05, 4.69) is 14.6 Å². The Hall–Kier alpha value is -2.38. The molecule has 1 fully saturated rings. The van der Waals surface area contributed by atoms with E-state index in [1.165, 1.54) is 0 Å². The van der Waals surface area contributed by atoms with Crippen molar-refractivity contribution in [3.63, 3.8) is 0 Å². The highest BCUT2D eigenvalue weighted by Crippen LogP contribution is 2.28. The van der Waals surface area contributed by atoms with Gasteiger partial charge in [-0.3, -0.25) is 0 Å². The van der Waals surface area contributed by atoms with E-state index in [9.17, 15) is 8.42 Å². The van der Waals surface area contributed by atoms with Gasteiger partial charge in [-0.2, -0.15) is 4.98 Å². The molecule has 1 saturated heterocycles. The Bertz CT molecular complexity index is 995. The molecular formula is C20H23N3O3S. The lowest BCUT2D eigenvalue weighted by atomic mass is 10.2. The summed E-state index contributed by atoms with van der Waals surface area (Å²) in [5, 5.41) is 0. The van der Waals surface area contributed by atoms with Crippen LogP contribution in [0.25, 0.3) is 11.1 Å². The Morgan fingerprint density at radius 2 is 1.96 bits per heavy atom. The number of sulfonamides is 1. The minimum Gasteiger partial charge on any atom is -0.423 e. The van der Waals surface area contributed by atoms with Crippen molar-refractivity contribution in [3.8, 4) is 0 Å². The molecule has 7 heteroatoms. The van der Waals surface area contributed by atoms with E-state index >= 15 is 0 Å². The molecule has 2 heterocycles. The molecule has 0 saturated carbocycles. The second-order valence-electron chi connectivity index (χ2n) is 6.80. The Morgan fingerprint density at radius 1 is 1.19 bits per heavy atom. The molecule has 4 rings (SSSR count). The lowest BCUT2D eigenvalue weighted by Gasteiger charge is -2.23. The highest BCUT2D eigenvalue weighted by Gasteiger charge is 2.29. The standard InChI is InChI=1S/C20H23N3O3S/c1-2-15-9-11-17(12-10-15)27(24,25)21-14-16-6-5-13-23(16)20-22-18-7-3-4-8-19(18)26-20/h3-4,7-12,16,21H,2,5-6,13-14H2,1H3. The first-order valence-corrected chi connectivity index (χ1v) is 10.8. The molecule has 142 valence electrons. The van der Waals surface area contributed by atoms with Crippen LogP contribution in [0.15, 0.2) is 57.8 Å². The lowest BCUT2D eigenvalue weighted by molar-refractivity contribution is 0.534. The predicted molar refractivity (Wildman–Crippen MR) is 105 cm³/mol. The summed E-state index contributed by atoms with van der Waals surface area (Å²) in [5.41, 5.74) is 2.68. The molecule has 0 amide bonds.